The van der Waals surface area contributed by atoms with E-state index in [9.17, 15) is 0 Å². The molecule has 2 unspecified atom stereocenters. The minimum absolute atomic E-state index is 0.310. The predicted molar refractivity (Wildman–Crippen MR) is 108 cm³/mol. The Morgan fingerprint density at radius 3 is 2.67 bits per heavy atom. The summed E-state index contributed by atoms with van der Waals surface area (Å²) in [6, 6.07) is 9.31. The number of nitrogens with zero attached hydrogens (tertiary/aromatic N) is 2. The fourth-order valence-electron chi connectivity index (χ4n) is 3.18. The van der Waals surface area contributed by atoms with Crippen LogP contribution in [-0.4, -0.2) is 24.6 Å². The molecule has 0 radical (unpaired) electrons. The molecule has 0 saturated carbocycles. The van der Waals surface area contributed by atoms with Crippen molar-refractivity contribution < 1.29 is 0 Å². The van der Waals surface area contributed by atoms with E-state index >= 15 is 0 Å². The molecule has 2 nitrogen and oxygen atoms in total. The fourth-order valence-corrected chi connectivity index (χ4v) is 7.00. The Morgan fingerprint density at radius 2 is 2.08 bits per heavy atom. The van der Waals surface area contributed by atoms with Gasteiger partial charge in [-0.05, 0) is 36.3 Å². The highest BCUT2D eigenvalue weighted by atomic mass is 32.2. The van der Waals surface area contributed by atoms with Gasteiger partial charge in [-0.25, -0.2) is 4.98 Å². The summed E-state index contributed by atoms with van der Waals surface area (Å²) in [6.45, 7) is 7.90. The average Bonchev–Trinajstić information content (AvgIpc) is 3.23. The molecule has 1 aromatic carbocycles. The molecule has 130 valence electrons. The van der Waals surface area contributed by atoms with Crippen molar-refractivity contribution >= 4 is 23.5 Å². The minimum Gasteiger partial charge on any atom is -0.337 e. The van der Waals surface area contributed by atoms with E-state index in [4.69, 9.17) is 0 Å². The molecule has 0 N–H and O–H groups in total. The molecule has 4 heteroatoms. The first kappa shape index (κ1) is 17.9. The van der Waals surface area contributed by atoms with Crippen LogP contribution in [0.25, 0.3) is 0 Å². The van der Waals surface area contributed by atoms with Gasteiger partial charge in [0.15, 0.2) is 0 Å². The van der Waals surface area contributed by atoms with Gasteiger partial charge in [-0.1, -0.05) is 45.0 Å². The summed E-state index contributed by atoms with van der Waals surface area (Å²) in [4.78, 5) is 4.18. The predicted octanol–water partition coefficient (Wildman–Crippen LogP) is 5.59. The lowest BCUT2D eigenvalue weighted by Crippen LogP contribution is -2.23. The number of rotatable bonds is 7. The lowest BCUT2D eigenvalue weighted by molar-refractivity contribution is 0.597. The van der Waals surface area contributed by atoms with E-state index in [1.165, 1.54) is 29.7 Å². The van der Waals surface area contributed by atoms with E-state index in [0.717, 1.165) is 18.2 Å². The summed E-state index contributed by atoms with van der Waals surface area (Å²) in [5, 5.41) is 0.799. The summed E-state index contributed by atoms with van der Waals surface area (Å²) in [5.41, 5.74) is 2.91. The maximum Gasteiger partial charge on any atom is 0.0945 e. The highest BCUT2D eigenvalue weighted by Gasteiger charge is 2.39. The van der Waals surface area contributed by atoms with E-state index in [1.807, 2.05) is 12.5 Å². The summed E-state index contributed by atoms with van der Waals surface area (Å²) >= 11 is 4.39. The van der Waals surface area contributed by atoms with E-state index < -0.39 is 0 Å². The molecule has 3 rings (SSSR count). The number of benzene rings is 1. The Bertz CT molecular complexity index is 622. The van der Waals surface area contributed by atoms with Gasteiger partial charge in [0.2, 0.25) is 0 Å². The largest absolute Gasteiger partial charge is 0.337 e. The van der Waals surface area contributed by atoms with Crippen molar-refractivity contribution in [2.75, 3.05) is 5.75 Å². The second kappa shape index (κ2) is 8.01. The molecule has 0 amide bonds. The molecule has 0 bridgehead atoms. The van der Waals surface area contributed by atoms with Gasteiger partial charge in [-0.2, -0.15) is 0 Å². The van der Waals surface area contributed by atoms with Gasteiger partial charge >= 0.3 is 0 Å². The molecule has 0 spiro atoms. The molecule has 2 heterocycles. The first-order valence-electron chi connectivity index (χ1n) is 8.96. The third-order valence-electron chi connectivity index (χ3n) is 4.80. The molecule has 2 aromatic rings. The van der Waals surface area contributed by atoms with Crippen LogP contribution in [0, 0.1) is 0 Å². The van der Waals surface area contributed by atoms with Gasteiger partial charge in [0, 0.05) is 29.9 Å². The monoisotopic (exact) mass is 360 g/mol. The molecule has 1 saturated heterocycles. The summed E-state index contributed by atoms with van der Waals surface area (Å²) in [5.74, 6) is 1.89. The molecular formula is C20H28N2S2. The number of imidazole rings is 1. The van der Waals surface area contributed by atoms with Crippen molar-refractivity contribution in [1.29, 1.82) is 0 Å². The molecule has 1 aliphatic rings. The number of aromatic nitrogens is 2. The zero-order chi connectivity index (χ0) is 17.0. The molecular weight excluding hydrogens is 332 g/mol. The van der Waals surface area contributed by atoms with Crippen molar-refractivity contribution in [3.8, 4) is 0 Å². The van der Waals surface area contributed by atoms with E-state index in [2.05, 4.69) is 84.3 Å². The second-order valence-electron chi connectivity index (χ2n) is 6.99. The van der Waals surface area contributed by atoms with Crippen LogP contribution in [0.3, 0.4) is 0 Å². The van der Waals surface area contributed by atoms with Crippen molar-refractivity contribution in [2.24, 2.45) is 0 Å². The lowest BCUT2D eigenvalue weighted by atomic mass is 9.99. The molecule has 0 aliphatic carbocycles. The first-order valence-corrected chi connectivity index (χ1v) is 10.8. The summed E-state index contributed by atoms with van der Waals surface area (Å²) < 4.78 is 2.52. The highest BCUT2D eigenvalue weighted by molar-refractivity contribution is 8.21. The van der Waals surface area contributed by atoms with E-state index in [0.29, 0.717) is 10.00 Å². The van der Waals surface area contributed by atoms with Crippen LogP contribution in [0.2, 0.25) is 0 Å². The van der Waals surface area contributed by atoms with Gasteiger partial charge in [-0.15, -0.1) is 23.5 Å². The van der Waals surface area contributed by atoms with Crippen LogP contribution in [0.5, 0.6) is 0 Å². The topological polar surface area (TPSA) is 17.8 Å². The first-order chi connectivity index (χ1) is 11.6. The van der Waals surface area contributed by atoms with Gasteiger partial charge in [0.05, 0.1) is 10.4 Å². The fraction of sp³-hybridized carbons (Fsp3) is 0.550. The second-order valence-corrected chi connectivity index (χ2v) is 10.3. The average molecular weight is 361 g/mol. The van der Waals surface area contributed by atoms with Crippen LogP contribution in [0.1, 0.15) is 50.7 Å². The standard InChI is InChI=1S/C20H28N2S2/c1-4-19-14-23-20(24-19,9-11-22-12-10-21-15-22)13-17-5-7-18(8-6-17)16(2)3/h5-8,10,12,15-16,19H,4,9,11,13-14H2,1-3H3. The smallest absolute Gasteiger partial charge is 0.0945 e. The Hall–Kier alpha value is -0.870. The van der Waals surface area contributed by atoms with Crippen LogP contribution >= 0.6 is 23.5 Å². The zero-order valence-corrected chi connectivity index (χ0v) is 16.6. The van der Waals surface area contributed by atoms with Crippen LogP contribution < -0.4 is 0 Å². The molecule has 1 aliphatic heterocycles. The van der Waals surface area contributed by atoms with Gasteiger partial charge < -0.3 is 4.57 Å². The zero-order valence-electron chi connectivity index (χ0n) is 14.9. The number of hydrogen-bond acceptors (Lipinski definition) is 3. The van der Waals surface area contributed by atoms with Crippen LogP contribution in [0.15, 0.2) is 43.0 Å². The van der Waals surface area contributed by atoms with Gasteiger partial charge in [-0.3, -0.25) is 0 Å². The Balaban J connectivity index is 1.72. The maximum atomic E-state index is 4.18. The van der Waals surface area contributed by atoms with Crippen molar-refractivity contribution in [3.63, 3.8) is 0 Å². The minimum atomic E-state index is 0.310. The third kappa shape index (κ3) is 4.40. The van der Waals surface area contributed by atoms with Crippen molar-refractivity contribution in [1.82, 2.24) is 9.55 Å². The molecule has 1 fully saturated rings. The Labute approximate surface area is 154 Å². The number of thioether (sulfide) groups is 2. The van der Waals surface area contributed by atoms with Crippen LogP contribution in [0.4, 0.5) is 0 Å². The number of aryl methyl sites for hydroxylation is 1. The molecule has 2 atom stereocenters. The SMILES string of the molecule is CCC1CSC(CCn2ccnc2)(Cc2ccc(C(C)C)cc2)S1. The van der Waals surface area contributed by atoms with Crippen molar-refractivity contribution in [3.05, 3.63) is 54.1 Å². The molecule has 24 heavy (non-hydrogen) atoms. The normalized spacial score (nSPS) is 23.9. The number of hydrogen-bond donors (Lipinski definition) is 0. The summed E-state index contributed by atoms with van der Waals surface area (Å²) in [6.07, 6.45) is 9.52. The van der Waals surface area contributed by atoms with Gasteiger partial charge in [0.1, 0.15) is 0 Å². The highest BCUT2D eigenvalue weighted by Crippen LogP contribution is 2.53. The van der Waals surface area contributed by atoms with Gasteiger partial charge in [0.25, 0.3) is 0 Å². The molecule has 1 aromatic heterocycles. The third-order valence-corrected chi connectivity index (χ3v) is 8.71. The summed E-state index contributed by atoms with van der Waals surface area (Å²) in [7, 11) is 0. The van der Waals surface area contributed by atoms with Crippen LogP contribution in [-0.2, 0) is 13.0 Å². The maximum absolute atomic E-state index is 4.18. The van der Waals surface area contributed by atoms with E-state index in [1.54, 1.807) is 0 Å². The quantitative estimate of drug-likeness (QED) is 0.640. The Morgan fingerprint density at radius 1 is 1.29 bits per heavy atom. The lowest BCUT2D eigenvalue weighted by Gasteiger charge is -2.28. The Kier molecular flexibility index (Phi) is 5.98. The van der Waals surface area contributed by atoms with Crippen molar-refractivity contribution in [2.45, 2.75) is 61.8 Å². The van der Waals surface area contributed by atoms with E-state index in [-0.39, 0.29) is 0 Å².